The molecular formula is C16H18ClNO2. The number of rotatable bonds is 2. The van der Waals surface area contributed by atoms with Crippen LogP contribution in [0.1, 0.15) is 38.2 Å². The highest BCUT2D eigenvalue weighted by Crippen LogP contribution is 2.38. The molecule has 0 heterocycles. The zero-order chi connectivity index (χ0) is 14.6. The Morgan fingerprint density at radius 2 is 2.15 bits per heavy atom. The minimum absolute atomic E-state index is 0.0318. The van der Waals surface area contributed by atoms with Crippen LogP contribution in [0.2, 0.25) is 5.02 Å². The standard InChI is InChI=1S/C16H18ClNO2/c1-16(8-2-3-9-16)15(20)18-14-7-6-13(17)11-12(14)5-4-10-19/h6-7,11,19H,2-3,8-10H2,1H3,(H,18,20). The average molecular weight is 292 g/mol. The Labute approximate surface area is 124 Å². The molecule has 0 atom stereocenters. The lowest BCUT2D eigenvalue weighted by atomic mass is 9.87. The van der Waals surface area contributed by atoms with E-state index in [4.69, 9.17) is 16.7 Å². The quantitative estimate of drug-likeness (QED) is 0.822. The summed E-state index contributed by atoms with van der Waals surface area (Å²) < 4.78 is 0. The number of hydrogen-bond acceptors (Lipinski definition) is 2. The van der Waals surface area contributed by atoms with Gasteiger partial charge in [0.25, 0.3) is 0 Å². The summed E-state index contributed by atoms with van der Waals surface area (Å²) in [6.45, 7) is 1.78. The number of nitrogens with one attached hydrogen (secondary N) is 1. The van der Waals surface area contributed by atoms with Crippen LogP contribution in [0.15, 0.2) is 18.2 Å². The van der Waals surface area contributed by atoms with E-state index < -0.39 is 0 Å². The second-order valence-corrected chi connectivity index (χ2v) is 5.81. The number of hydrogen-bond donors (Lipinski definition) is 2. The molecule has 1 aromatic carbocycles. The fourth-order valence-electron chi connectivity index (χ4n) is 2.52. The Hall–Kier alpha value is -1.50. The van der Waals surface area contributed by atoms with Gasteiger partial charge in [-0.15, -0.1) is 0 Å². The normalized spacial score (nSPS) is 16.4. The van der Waals surface area contributed by atoms with E-state index in [0.717, 1.165) is 25.7 Å². The second kappa shape index (κ2) is 6.30. The molecule has 1 amide bonds. The highest BCUT2D eigenvalue weighted by molar-refractivity contribution is 6.30. The first kappa shape index (κ1) is 14.9. The Kier molecular flexibility index (Phi) is 4.69. The van der Waals surface area contributed by atoms with Gasteiger partial charge in [-0.3, -0.25) is 4.79 Å². The summed E-state index contributed by atoms with van der Waals surface area (Å²) in [4.78, 5) is 12.4. The lowest BCUT2D eigenvalue weighted by Crippen LogP contribution is -2.31. The molecule has 1 aliphatic carbocycles. The summed E-state index contributed by atoms with van der Waals surface area (Å²) in [6.07, 6.45) is 4.04. The van der Waals surface area contributed by atoms with Gasteiger partial charge in [0, 0.05) is 16.0 Å². The molecule has 3 nitrogen and oxygen atoms in total. The average Bonchev–Trinajstić information content (AvgIpc) is 2.87. The number of aliphatic hydroxyl groups is 1. The monoisotopic (exact) mass is 291 g/mol. The Balaban J connectivity index is 2.22. The third-order valence-electron chi connectivity index (χ3n) is 3.79. The predicted octanol–water partition coefficient (Wildman–Crippen LogP) is 3.20. The van der Waals surface area contributed by atoms with Gasteiger partial charge in [-0.05, 0) is 31.0 Å². The number of carbonyl (C=O) groups is 1. The van der Waals surface area contributed by atoms with Crippen LogP contribution in [0.25, 0.3) is 0 Å². The van der Waals surface area contributed by atoms with Crippen LogP contribution in [0.3, 0.4) is 0 Å². The molecule has 0 aliphatic heterocycles. The smallest absolute Gasteiger partial charge is 0.230 e. The molecule has 0 bridgehead atoms. The molecule has 106 valence electrons. The molecule has 0 unspecified atom stereocenters. The van der Waals surface area contributed by atoms with Crippen molar-refractivity contribution in [2.24, 2.45) is 5.41 Å². The van der Waals surface area contributed by atoms with Crippen LogP contribution in [-0.4, -0.2) is 17.6 Å². The minimum Gasteiger partial charge on any atom is -0.384 e. The number of amides is 1. The molecule has 0 saturated heterocycles. The van der Waals surface area contributed by atoms with E-state index in [2.05, 4.69) is 17.2 Å². The summed E-state index contributed by atoms with van der Waals surface area (Å²) in [5.41, 5.74) is 0.983. The fourth-order valence-corrected chi connectivity index (χ4v) is 2.69. The number of benzene rings is 1. The molecule has 0 spiro atoms. The predicted molar refractivity (Wildman–Crippen MR) is 80.6 cm³/mol. The Bertz CT molecular complexity index is 566. The molecule has 1 aliphatic rings. The molecule has 0 radical (unpaired) electrons. The van der Waals surface area contributed by atoms with E-state index >= 15 is 0 Å². The highest BCUT2D eigenvalue weighted by atomic mass is 35.5. The second-order valence-electron chi connectivity index (χ2n) is 5.37. The van der Waals surface area contributed by atoms with E-state index in [1.165, 1.54) is 0 Å². The molecule has 1 saturated carbocycles. The van der Waals surface area contributed by atoms with Crippen LogP contribution in [0.4, 0.5) is 5.69 Å². The first-order valence-corrected chi connectivity index (χ1v) is 7.14. The summed E-state index contributed by atoms with van der Waals surface area (Å²) in [5, 5.41) is 12.3. The topological polar surface area (TPSA) is 49.3 Å². The van der Waals surface area contributed by atoms with Crippen LogP contribution in [0.5, 0.6) is 0 Å². The van der Waals surface area contributed by atoms with E-state index in [-0.39, 0.29) is 17.9 Å². The molecule has 2 rings (SSSR count). The van der Waals surface area contributed by atoms with Crippen molar-refractivity contribution in [2.45, 2.75) is 32.6 Å². The fraction of sp³-hybridized carbons (Fsp3) is 0.438. The van der Waals surface area contributed by atoms with Gasteiger partial charge in [-0.1, -0.05) is 43.2 Å². The van der Waals surface area contributed by atoms with Crippen molar-refractivity contribution in [1.82, 2.24) is 0 Å². The van der Waals surface area contributed by atoms with Gasteiger partial charge in [0.1, 0.15) is 6.61 Å². The van der Waals surface area contributed by atoms with Crippen molar-refractivity contribution in [2.75, 3.05) is 11.9 Å². The Morgan fingerprint density at radius 3 is 2.80 bits per heavy atom. The molecule has 2 N–H and O–H groups in total. The molecule has 1 fully saturated rings. The van der Waals surface area contributed by atoms with Crippen molar-refractivity contribution < 1.29 is 9.90 Å². The van der Waals surface area contributed by atoms with Gasteiger partial charge in [-0.25, -0.2) is 0 Å². The van der Waals surface area contributed by atoms with Gasteiger partial charge in [0.15, 0.2) is 0 Å². The summed E-state index contributed by atoms with van der Waals surface area (Å²) in [6, 6.07) is 5.16. The third kappa shape index (κ3) is 3.33. The largest absolute Gasteiger partial charge is 0.384 e. The summed E-state index contributed by atoms with van der Waals surface area (Å²) in [7, 11) is 0. The van der Waals surface area contributed by atoms with Crippen molar-refractivity contribution in [1.29, 1.82) is 0 Å². The number of halogens is 1. The Morgan fingerprint density at radius 1 is 1.45 bits per heavy atom. The van der Waals surface area contributed by atoms with Crippen LogP contribution in [-0.2, 0) is 4.79 Å². The van der Waals surface area contributed by atoms with Crippen LogP contribution >= 0.6 is 11.6 Å². The van der Waals surface area contributed by atoms with Crippen molar-refractivity contribution >= 4 is 23.2 Å². The molecule has 4 heteroatoms. The first-order chi connectivity index (χ1) is 9.55. The summed E-state index contributed by atoms with van der Waals surface area (Å²) >= 11 is 5.94. The maximum atomic E-state index is 12.4. The van der Waals surface area contributed by atoms with E-state index in [1.54, 1.807) is 18.2 Å². The SMILES string of the molecule is CC1(C(=O)Nc2ccc(Cl)cc2C#CCO)CCCC1. The van der Waals surface area contributed by atoms with Crippen molar-refractivity contribution in [3.8, 4) is 11.8 Å². The van der Waals surface area contributed by atoms with Gasteiger partial charge in [0.05, 0.1) is 5.69 Å². The highest BCUT2D eigenvalue weighted by Gasteiger charge is 2.36. The summed E-state index contributed by atoms with van der Waals surface area (Å²) in [5.74, 6) is 5.42. The lowest BCUT2D eigenvalue weighted by molar-refractivity contribution is -0.124. The zero-order valence-corrected chi connectivity index (χ0v) is 12.3. The molecular weight excluding hydrogens is 274 g/mol. The maximum Gasteiger partial charge on any atom is 0.230 e. The zero-order valence-electron chi connectivity index (χ0n) is 11.5. The van der Waals surface area contributed by atoms with Gasteiger partial charge >= 0.3 is 0 Å². The van der Waals surface area contributed by atoms with Gasteiger partial charge < -0.3 is 10.4 Å². The van der Waals surface area contributed by atoms with E-state index in [0.29, 0.717) is 16.3 Å². The van der Waals surface area contributed by atoms with Gasteiger partial charge in [0.2, 0.25) is 5.91 Å². The van der Waals surface area contributed by atoms with E-state index in [9.17, 15) is 4.79 Å². The van der Waals surface area contributed by atoms with Crippen LogP contribution < -0.4 is 5.32 Å². The molecule has 20 heavy (non-hydrogen) atoms. The minimum atomic E-state index is -0.290. The molecule has 0 aromatic heterocycles. The molecule has 1 aromatic rings. The van der Waals surface area contributed by atoms with Crippen LogP contribution in [0, 0.1) is 17.3 Å². The van der Waals surface area contributed by atoms with Crippen molar-refractivity contribution in [3.63, 3.8) is 0 Å². The maximum absolute atomic E-state index is 12.4. The number of carbonyl (C=O) groups excluding carboxylic acids is 1. The third-order valence-corrected chi connectivity index (χ3v) is 4.02. The number of aliphatic hydroxyl groups excluding tert-OH is 1. The number of anilines is 1. The van der Waals surface area contributed by atoms with Crippen molar-refractivity contribution in [3.05, 3.63) is 28.8 Å². The van der Waals surface area contributed by atoms with E-state index in [1.807, 2.05) is 6.92 Å². The first-order valence-electron chi connectivity index (χ1n) is 6.76. The van der Waals surface area contributed by atoms with Gasteiger partial charge in [-0.2, -0.15) is 0 Å². The lowest BCUT2D eigenvalue weighted by Gasteiger charge is -2.22.